The lowest BCUT2D eigenvalue weighted by Gasteiger charge is -2.05. The first kappa shape index (κ1) is 17.3. The molecule has 0 aliphatic rings. The highest BCUT2D eigenvalue weighted by molar-refractivity contribution is 7.99. The molecular formula is C17H20N2O3S. The van der Waals surface area contributed by atoms with Crippen LogP contribution in [0.5, 0.6) is 0 Å². The Hall–Kier alpha value is -2.08. The van der Waals surface area contributed by atoms with E-state index in [1.807, 2.05) is 30.3 Å². The fraction of sp³-hybridized carbons (Fsp3) is 0.353. The first-order chi connectivity index (χ1) is 11.2. The van der Waals surface area contributed by atoms with Gasteiger partial charge < -0.3 is 9.72 Å². The Morgan fingerprint density at radius 2 is 2.09 bits per heavy atom. The second-order valence-corrected chi connectivity index (χ2v) is 6.04. The van der Waals surface area contributed by atoms with Gasteiger partial charge in [0.25, 0.3) is 5.56 Å². The van der Waals surface area contributed by atoms with Crippen LogP contribution in [0.15, 0.2) is 46.3 Å². The second kappa shape index (κ2) is 9.15. The lowest BCUT2D eigenvalue weighted by molar-refractivity contribution is -0.141. The Bertz CT molecular complexity index is 686. The van der Waals surface area contributed by atoms with E-state index < -0.39 is 0 Å². The van der Waals surface area contributed by atoms with Crippen LogP contribution in [-0.2, 0) is 22.6 Å². The van der Waals surface area contributed by atoms with E-state index in [4.69, 9.17) is 4.74 Å². The molecular weight excluding hydrogens is 312 g/mol. The van der Waals surface area contributed by atoms with Crippen molar-refractivity contribution in [1.82, 2.24) is 9.97 Å². The number of benzene rings is 1. The van der Waals surface area contributed by atoms with Crippen LogP contribution in [0.2, 0.25) is 0 Å². The molecule has 0 saturated carbocycles. The summed E-state index contributed by atoms with van der Waals surface area (Å²) in [5, 5.41) is 0.459. The molecule has 0 saturated heterocycles. The largest absolute Gasteiger partial charge is 0.460 e. The highest BCUT2D eigenvalue weighted by Crippen LogP contribution is 2.13. The number of nitrogens with one attached hydrogen (secondary N) is 1. The van der Waals surface area contributed by atoms with E-state index in [2.05, 4.69) is 16.9 Å². The van der Waals surface area contributed by atoms with Gasteiger partial charge in [0, 0.05) is 11.8 Å². The highest BCUT2D eigenvalue weighted by atomic mass is 32.2. The lowest BCUT2D eigenvalue weighted by atomic mass is 10.2. The van der Waals surface area contributed by atoms with Crippen LogP contribution < -0.4 is 5.56 Å². The molecule has 122 valence electrons. The molecule has 5 nitrogen and oxygen atoms in total. The standard InChI is InChI=1S/C17H20N2O3S/c1-2-3-9-14-10-15(20)19-17(18-14)23-12-16(21)22-11-13-7-5-4-6-8-13/h4-8,10H,2-3,9,11-12H2,1H3,(H,18,19,20). The lowest BCUT2D eigenvalue weighted by Crippen LogP contribution is -2.12. The molecule has 0 aliphatic heterocycles. The number of H-pyrrole nitrogens is 1. The summed E-state index contributed by atoms with van der Waals surface area (Å²) in [7, 11) is 0. The second-order valence-electron chi connectivity index (χ2n) is 5.08. The summed E-state index contributed by atoms with van der Waals surface area (Å²) in [6, 6.07) is 11.0. The topological polar surface area (TPSA) is 72.0 Å². The fourth-order valence-electron chi connectivity index (χ4n) is 1.94. The molecule has 1 aromatic carbocycles. The number of unbranched alkanes of at least 4 members (excludes halogenated alkanes) is 1. The SMILES string of the molecule is CCCCc1cc(=O)[nH]c(SCC(=O)OCc2ccccc2)n1. The zero-order valence-electron chi connectivity index (χ0n) is 13.1. The monoisotopic (exact) mass is 332 g/mol. The van der Waals surface area contributed by atoms with Crippen molar-refractivity contribution in [2.45, 2.75) is 37.9 Å². The summed E-state index contributed by atoms with van der Waals surface area (Å²) < 4.78 is 5.20. The summed E-state index contributed by atoms with van der Waals surface area (Å²) in [6.07, 6.45) is 2.80. The van der Waals surface area contributed by atoms with Crippen molar-refractivity contribution in [3.63, 3.8) is 0 Å². The van der Waals surface area contributed by atoms with Gasteiger partial charge in [-0.3, -0.25) is 9.59 Å². The van der Waals surface area contributed by atoms with Crippen LogP contribution in [0.1, 0.15) is 31.0 Å². The molecule has 0 unspecified atom stereocenters. The van der Waals surface area contributed by atoms with E-state index in [0.717, 1.165) is 30.5 Å². The van der Waals surface area contributed by atoms with Gasteiger partial charge in [-0.25, -0.2) is 4.98 Å². The van der Waals surface area contributed by atoms with Crippen molar-refractivity contribution in [3.8, 4) is 0 Å². The van der Waals surface area contributed by atoms with Gasteiger partial charge in [-0.1, -0.05) is 55.4 Å². The van der Waals surface area contributed by atoms with Gasteiger partial charge in [-0.15, -0.1) is 0 Å². The van der Waals surface area contributed by atoms with Gasteiger partial charge in [-0.2, -0.15) is 0 Å². The van der Waals surface area contributed by atoms with Crippen molar-refractivity contribution >= 4 is 17.7 Å². The third-order valence-electron chi connectivity index (χ3n) is 3.13. The zero-order chi connectivity index (χ0) is 16.5. The van der Waals surface area contributed by atoms with E-state index in [9.17, 15) is 9.59 Å². The van der Waals surface area contributed by atoms with Crippen molar-refractivity contribution < 1.29 is 9.53 Å². The summed E-state index contributed by atoms with van der Waals surface area (Å²) >= 11 is 1.18. The molecule has 0 aliphatic carbocycles. The average Bonchev–Trinajstić information content (AvgIpc) is 2.57. The number of thioether (sulfide) groups is 1. The summed E-state index contributed by atoms with van der Waals surface area (Å²) in [6.45, 7) is 2.34. The van der Waals surface area contributed by atoms with Crippen molar-refractivity contribution in [3.05, 3.63) is 58.0 Å². The Kier molecular flexibility index (Phi) is 6.87. The molecule has 6 heteroatoms. The Labute approximate surface area is 139 Å². The number of hydrogen-bond acceptors (Lipinski definition) is 5. The Morgan fingerprint density at radius 1 is 1.30 bits per heavy atom. The molecule has 0 amide bonds. The predicted molar refractivity (Wildman–Crippen MR) is 90.4 cm³/mol. The van der Waals surface area contributed by atoms with Gasteiger partial charge in [-0.05, 0) is 18.4 Å². The van der Waals surface area contributed by atoms with Crippen LogP contribution in [0.25, 0.3) is 0 Å². The third kappa shape index (κ3) is 6.28. The van der Waals surface area contributed by atoms with Crippen molar-refractivity contribution in [2.24, 2.45) is 0 Å². The van der Waals surface area contributed by atoms with Gasteiger partial charge in [0.1, 0.15) is 6.61 Å². The van der Waals surface area contributed by atoms with Gasteiger partial charge in [0.05, 0.1) is 5.75 Å². The van der Waals surface area contributed by atoms with E-state index in [-0.39, 0.29) is 23.9 Å². The van der Waals surface area contributed by atoms with Crippen LogP contribution in [0.4, 0.5) is 0 Å². The van der Waals surface area contributed by atoms with Crippen LogP contribution in [0.3, 0.4) is 0 Å². The minimum absolute atomic E-state index is 0.118. The number of ether oxygens (including phenoxy) is 1. The molecule has 0 bridgehead atoms. The quantitative estimate of drug-likeness (QED) is 0.457. The minimum atomic E-state index is -0.333. The number of esters is 1. The molecule has 1 aromatic heterocycles. The zero-order valence-corrected chi connectivity index (χ0v) is 13.9. The maximum atomic E-state index is 11.8. The minimum Gasteiger partial charge on any atom is -0.460 e. The molecule has 0 fully saturated rings. The number of aromatic nitrogens is 2. The smallest absolute Gasteiger partial charge is 0.316 e. The van der Waals surface area contributed by atoms with Crippen molar-refractivity contribution in [1.29, 1.82) is 0 Å². The Balaban J connectivity index is 1.83. The van der Waals surface area contributed by atoms with Crippen LogP contribution in [-0.4, -0.2) is 21.7 Å². The van der Waals surface area contributed by atoms with Gasteiger partial charge in [0.2, 0.25) is 0 Å². The summed E-state index contributed by atoms with van der Waals surface area (Å²) in [4.78, 5) is 30.4. The van der Waals surface area contributed by atoms with E-state index in [1.54, 1.807) is 0 Å². The number of carbonyl (C=O) groups is 1. The number of aromatic amines is 1. The molecule has 2 aromatic rings. The summed E-state index contributed by atoms with van der Waals surface area (Å²) in [5.74, 6) is -0.215. The Morgan fingerprint density at radius 3 is 2.83 bits per heavy atom. The number of hydrogen-bond donors (Lipinski definition) is 1. The van der Waals surface area contributed by atoms with Crippen LogP contribution in [0, 0.1) is 0 Å². The first-order valence-electron chi connectivity index (χ1n) is 7.60. The van der Waals surface area contributed by atoms with E-state index >= 15 is 0 Å². The fourth-order valence-corrected chi connectivity index (χ4v) is 2.64. The number of rotatable bonds is 8. The highest BCUT2D eigenvalue weighted by Gasteiger charge is 2.08. The molecule has 23 heavy (non-hydrogen) atoms. The molecule has 0 atom stereocenters. The molecule has 2 rings (SSSR count). The normalized spacial score (nSPS) is 10.5. The number of carbonyl (C=O) groups excluding carboxylic acids is 1. The van der Waals surface area contributed by atoms with Gasteiger partial charge >= 0.3 is 5.97 Å². The maximum Gasteiger partial charge on any atom is 0.316 e. The molecule has 1 N–H and O–H groups in total. The van der Waals surface area contributed by atoms with Gasteiger partial charge in [0.15, 0.2) is 5.16 Å². The van der Waals surface area contributed by atoms with E-state index in [0.29, 0.717) is 5.16 Å². The maximum absolute atomic E-state index is 11.8. The molecule has 0 spiro atoms. The van der Waals surface area contributed by atoms with Crippen molar-refractivity contribution in [2.75, 3.05) is 5.75 Å². The van der Waals surface area contributed by atoms with E-state index in [1.165, 1.54) is 17.8 Å². The predicted octanol–water partition coefficient (Wildman–Crippen LogP) is 2.95. The third-order valence-corrected chi connectivity index (χ3v) is 3.98. The number of aryl methyl sites for hydroxylation is 1. The summed E-state index contributed by atoms with van der Waals surface area (Å²) in [5.41, 5.74) is 1.51. The molecule has 1 heterocycles. The van der Waals surface area contributed by atoms with Crippen LogP contribution >= 0.6 is 11.8 Å². The molecule has 0 radical (unpaired) electrons. The number of nitrogens with zero attached hydrogens (tertiary/aromatic N) is 1. The average molecular weight is 332 g/mol. The first-order valence-corrected chi connectivity index (χ1v) is 8.58.